The van der Waals surface area contributed by atoms with Gasteiger partial charge in [-0.3, -0.25) is 0 Å². The van der Waals surface area contributed by atoms with E-state index in [0.29, 0.717) is 0 Å². The molecule has 1 N–H and O–H groups in total. The van der Waals surface area contributed by atoms with Crippen LogP contribution in [0.1, 0.15) is 23.4 Å². The van der Waals surface area contributed by atoms with E-state index in [2.05, 4.69) is 21.2 Å². The Bertz CT molecular complexity index is 542. The van der Waals surface area contributed by atoms with Gasteiger partial charge in [-0.1, -0.05) is 13.0 Å². The molecule has 0 fully saturated rings. The van der Waals surface area contributed by atoms with Gasteiger partial charge in [0.15, 0.2) is 11.6 Å². The van der Waals surface area contributed by atoms with Crippen LogP contribution in [0.3, 0.4) is 0 Å². The van der Waals surface area contributed by atoms with E-state index >= 15 is 0 Å². The molecule has 1 atom stereocenters. The molecule has 96 valence electrons. The van der Waals surface area contributed by atoms with Crippen LogP contribution >= 0.6 is 27.3 Å². The van der Waals surface area contributed by atoms with Crippen molar-refractivity contribution in [2.24, 2.45) is 0 Å². The number of hydrogen-bond donors (Lipinski definition) is 1. The standard InChI is InChI=1S/C13H12BrF2NS/c1-2-17-13(11-5-6-12(14)18-11)8-3-4-9(15)10(16)7-8/h3-7,13,17H,2H2,1H3. The van der Waals surface area contributed by atoms with Gasteiger partial charge in [-0.25, -0.2) is 8.78 Å². The molecule has 0 saturated carbocycles. The van der Waals surface area contributed by atoms with Gasteiger partial charge < -0.3 is 5.32 Å². The summed E-state index contributed by atoms with van der Waals surface area (Å²) in [5, 5.41) is 3.28. The Morgan fingerprint density at radius 3 is 2.56 bits per heavy atom. The fourth-order valence-electron chi connectivity index (χ4n) is 1.76. The number of halogens is 3. The first-order valence-electron chi connectivity index (χ1n) is 5.55. The van der Waals surface area contributed by atoms with Crippen molar-refractivity contribution in [1.82, 2.24) is 5.32 Å². The fourth-order valence-corrected chi connectivity index (χ4v) is 3.29. The maximum Gasteiger partial charge on any atom is 0.159 e. The maximum absolute atomic E-state index is 13.3. The van der Waals surface area contributed by atoms with Gasteiger partial charge >= 0.3 is 0 Å². The summed E-state index contributed by atoms with van der Waals surface area (Å²) in [7, 11) is 0. The van der Waals surface area contributed by atoms with Crippen molar-refractivity contribution in [1.29, 1.82) is 0 Å². The molecule has 1 nitrogen and oxygen atoms in total. The summed E-state index contributed by atoms with van der Waals surface area (Å²) in [6.45, 7) is 2.73. The molecule has 2 rings (SSSR count). The second kappa shape index (κ2) is 5.91. The maximum atomic E-state index is 13.3. The summed E-state index contributed by atoms with van der Waals surface area (Å²) < 4.78 is 27.3. The molecule has 18 heavy (non-hydrogen) atoms. The Hall–Kier alpha value is -0.780. The lowest BCUT2D eigenvalue weighted by atomic mass is 10.1. The van der Waals surface area contributed by atoms with E-state index in [1.165, 1.54) is 6.07 Å². The van der Waals surface area contributed by atoms with Crippen molar-refractivity contribution in [2.45, 2.75) is 13.0 Å². The van der Waals surface area contributed by atoms with Crippen LogP contribution < -0.4 is 5.32 Å². The largest absolute Gasteiger partial charge is 0.306 e. The zero-order valence-corrected chi connectivity index (χ0v) is 12.1. The van der Waals surface area contributed by atoms with Gasteiger partial charge in [0, 0.05) is 4.88 Å². The molecule has 0 aliphatic carbocycles. The third-order valence-corrected chi connectivity index (χ3v) is 4.25. The lowest BCUT2D eigenvalue weighted by molar-refractivity contribution is 0.504. The molecule has 0 spiro atoms. The summed E-state index contributed by atoms with van der Waals surface area (Å²) in [6.07, 6.45) is 0. The highest BCUT2D eigenvalue weighted by molar-refractivity contribution is 9.11. The predicted octanol–water partition coefficient (Wildman–Crippen LogP) is 4.49. The van der Waals surface area contributed by atoms with E-state index in [1.54, 1.807) is 17.4 Å². The lowest BCUT2D eigenvalue weighted by Crippen LogP contribution is -2.21. The average molecular weight is 332 g/mol. The van der Waals surface area contributed by atoms with Crippen LogP contribution in [0.2, 0.25) is 0 Å². The molecule has 0 bridgehead atoms. The van der Waals surface area contributed by atoms with Crippen LogP contribution in [-0.4, -0.2) is 6.54 Å². The van der Waals surface area contributed by atoms with Gasteiger partial charge in [0.05, 0.1) is 9.83 Å². The molecule has 0 aliphatic rings. The Kier molecular flexibility index (Phi) is 4.48. The first kappa shape index (κ1) is 13.6. The Morgan fingerprint density at radius 1 is 1.22 bits per heavy atom. The summed E-state index contributed by atoms with van der Waals surface area (Å²) in [5.74, 6) is -1.63. The van der Waals surface area contributed by atoms with Crippen molar-refractivity contribution in [2.75, 3.05) is 6.54 Å². The molecule has 1 aromatic heterocycles. The van der Waals surface area contributed by atoms with Crippen LogP contribution in [0.15, 0.2) is 34.1 Å². The minimum Gasteiger partial charge on any atom is -0.306 e. The van der Waals surface area contributed by atoms with E-state index in [9.17, 15) is 8.78 Å². The number of thiophene rings is 1. The lowest BCUT2D eigenvalue weighted by Gasteiger charge is -2.17. The highest BCUT2D eigenvalue weighted by Gasteiger charge is 2.16. The zero-order chi connectivity index (χ0) is 13.1. The van der Waals surface area contributed by atoms with Crippen LogP contribution in [0.25, 0.3) is 0 Å². The molecule has 5 heteroatoms. The third-order valence-electron chi connectivity index (χ3n) is 2.56. The minimum atomic E-state index is -0.818. The van der Waals surface area contributed by atoms with E-state index < -0.39 is 11.6 Å². The quantitative estimate of drug-likeness (QED) is 0.870. The number of nitrogens with one attached hydrogen (secondary N) is 1. The van der Waals surface area contributed by atoms with Gasteiger partial charge in [0.25, 0.3) is 0 Å². The number of hydrogen-bond acceptors (Lipinski definition) is 2. The first-order valence-corrected chi connectivity index (χ1v) is 7.16. The van der Waals surface area contributed by atoms with Crippen molar-refractivity contribution in [3.05, 3.63) is 56.2 Å². The zero-order valence-electron chi connectivity index (χ0n) is 9.71. The van der Waals surface area contributed by atoms with Gasteiger partial charge in [-0.15, -0.1) is 11.3 Å². The van der Waals surface area contributed by atoms with Gasteiger partial charge in [0.1, 0.15) is 0 Å². The Labute approximate surface area is 117 Å². The molecular formula is C13H12BrF2NS. The molecule has 0 saturated heterocycles. The third kappa shape index (κ3) is 2.96. The van der Waals surface area contributed by atoms with Gasteiger partial charge in [-0.2, -0.15) is 0 Å². The second-order valence-corrected chi connectivity index (χ2v) is 6.30. The molecular weight excluding hydrogens is 320 g/mol. The van der Waals surface area contributed by atoms with Crippen LogP contribution in [-0.2, 0) is 0 Å². The fraction of sp³-hybridized carbons (Fsp3) is 0.231. The number of benzene rings is 1. The Balaban J connectivity index is 2.37. The van der Waals surface area contributed by atoms with Crippen molar-refractivity contribution in [3.8, 4) is 0 Å². The summed E-state index contributed by atoms with van der Waals surface area (Å²) in [6, 6.07) is 7.84. The highest BCUT2D eigenvalue weighted by Crippen LogP contribution is 2.31. The Morgan fingerprint density at radius 2 is 2.00 bits per heavy atom. The van der Waals surface area contributed by atoms with Crippen LogP contribution in [0.4, 0.5) is 8.78 Å². The smallest absolute Gasteiger partial charge is 0.159 e. The SMILES string of the molecule is CCNC(c1ccc(F)c(F)c1)c1ccc(Br)s1. The van der Waals surface area contributed by atoms with E-state index in [-0.39, 0.29) is 6.04 Å². The van der Waals surface area contributed by atoms with Crippen LogP contribution in [0, 0.1) is 11.6 Å². The predicted molar refractivity (Wildman–Crippen MR) is 73.9 cm³/mol. The van der Waals surface area contributed by atoms with E-state index in [0.717, 1.165) is 26.8 Å². The van der Waals surface area contributed by atoms with Crippen LogP contribution in [0.5, 0.6) is 0 Å². The number of rotatable bonds is 4. The van der Waals surface area contributed by atoms with Crippen molar-refractivity contribution in [3.63, 3.8) is 0 Å². The molecule has 1 heterocycles. The molecule has 1 aromatic carbocycles. The molecule has 1 unspecified atom stereocenters. The summed E-state index contributed by atoms with van der Waals surface area (Å²) in [4.78, 5) is 1.06. The van der Waals surface area contributed by atoms with E-state index in [1.807, 2.05) is 19.1 Å². The molecule has 0 radical (unpaired) electrons. The van der Waals surface area contributed by atoms with E-state index in [4.69, 9.17) is 0 Å². The monoisotopic (exact) mass is 331 g/mol. The van der Waals surface area contributed by atoms with Crippen molar-refractivity contribution >= 4 is 27.3 Å². The van der Waals surface area contributed by atoms with Gasteiger partial charge in [0.2, 0.25) is 0 Å². The average Bonchev–Trinajstić information content (AvgIpc) is 2.76. The second-order valence-electron chi connectivity index (χ2n) is 3.81. The highest BCUT2D eigenvalue weighted by atomic mass is 79.9. The summed E-state index contributed by atoms with van der Waals surface area (Å²) in [5.41, 5.74) is 0.727. The van der Waals surface area contributed by atoms with Gasteiger partial charge in [-0.05, 0) is 52.3 Å². The molecule has 0 amide bonds. The molecule has 2 aromatic rings. The molecule has 0 aliphatic heterocycles. The first-order chi connectivity index (χ1) is 8.61. The normalized spacial score (nSPS) is 12.7. The van der Waals surface area contributed by atoms with Crippen molar-refractivity contribution < 1.29 is 8.78 Å². The summed E-state index contributed by atoms with van der Waals surface area (Å²) >= 11 is 4.99. The minimum absolute atomic E-state index is 0.110. The topological polar surface area (TPSA) is 12.0 Å².